The van der Waals surface area contributed by atoms with Gasteiger partial charge in [-0.1, -0.05) is 0 Å². The lowest BCUT2D eigenvalue weighted by Crippen LogP contribution is -2.40. The van der Waals surface area contributed by atoms with E-state index in [-0.39, 0.29) is 29.4 Å². The van der Waals surface area contributed by atoms with Gasteiger partial charge in [-0.3, -0.25) is 4.57 Å². The van der Waals surface area contributed by atoms with E-state index in [9.17, 15) is 22.8 Å². The van der Waals surface area contributed by atoms with Gasteiger partial charge in [-0.25, -0.2) is 9.59 Å². The molecule has 2 N–H and O–H groups in total. The largest absolute Gasteiger partial charge is 0.478 e. The molecule has 20 heavy (non-hydrogen) atoms. The van der Waals surface area contributed by atoms with Gasteiger partial charge in [0.05, 0.1) is 16.6 Å². The van der Waals surface area contributed by atoms with E-state index in [4.69, 9.17) is 5.11 Å². The van der Waals surface area contributed by atoms with Gasteiger partial charge in [0.25, 0.3) is 0 Å². The lowest BCUT2D eigenvalue weighted by Gasteiger charge is -2.20. The second-order valence-electron chi connectivity index (χ2n) is 4.83. The fourth-order valence-corrected chi connectivity index (χ4v) is 2.42. The van der Waals surface area contributed by atoms with Gasteiger partial charge in [0.1, 0.15) is 5.54 Å². The average Bonchev–Trinajstić information content (AvgIpc) is 3.06. The summed E-state index contributed by atoms with van der Waals surface area (Å²) in [5, 5.41) is 8.84. The Balaban J connectivity index is 2.26. The van der Waals surface area contributed by atoms with E-state index in [0.29, 0.717) is 4.57 Å². The molecule has 1 heterocycles. The van der Waals surface area contributed by atoms with E-state index in [1.807, 2.05) is 0 Å². The highest BCUT2D eigenvalue weighted by Crippen LogP contribution is 2.55. The highest BCUT2D eigenvalue weighted by molar-refractivity contribution is 5.92. The molecule has 2 aromatic rings. The SMILES string of the molecule is O=C(O)c1ccc2c(c1)[nH]c(=O)n2C1(C(F)(F)F)CC1. The summed E-state index contributed by atoms with van der Waals surface area (Å²) in [6, 6.07) is 3.56. The number of rotatable bonds is 2. The molecule has 8 heteroatoms. The van der Waals surface area contributed by atoms with Crippen LogP contribution >= 0.6 is 0 Å². The van der Waals surface area contributed by atoms with Crippen molar-refractivity contribution in [1.82, 2.24) is 9.55 Å². The number of carbonyl (C=O) groups is 1. The Kier molecular flexibility index (Phi) is 2.33. The van der Waals surface area contributed by atoms with Gasteiger partial charge in [0.2, 0.25) is 0 Å². The molecule has 0 amide bonds. The summed E-state index contributed by atoms with van der Waals surface area (Å²) in [6.45, 7) is 0. The van der Waals surface area contributed by atoms with Crippen molar-refractivity contribution in [3.05, 3.63) is 34.2 Å². The van der Waals surface area contributed by atoms with Gasteiger partial charge in [-0.15, -0.1) is 0 Å². The zero-order valence-corrected chi connectivity index (χ0v) is 9.99. The molecule has 3 rings (SSSR count). The topological polar surface area (TPSA) is 75.1 Å². The van der Waals surface area contributed by atoms with E-state index < -0.39 is 23.4 Å². The van der Waals surface area contributed by atoms with Crippen molar-refractivity contribution < 1.29 is 23.1 Å². The van der Waals surface area contributed by atoms with Gasteiger partial charge >= 0.3 is 17.8 Å². The molecule has 5 nitrogen and oxygen atoms in total. The summed E-state index contributed by atoms with van der Waals surface area (Å²) in [7, 11) is 0. The summed E-state index contributed by atoms with van der Waals surface area (Å²) in [6.07, 6.45) is -4.81. The average molecular weight is 286 g/mol. The molecule has 0 radical (unpaired) electrons. The van der Waals surface area contributed by atoms with Crippen molar-refractivity contribution in [2.24, 2.45) is 0 Å². The number of imidazole rings is 1. The summed E-state index contributed by atoms with van der Waals surface area (Å²) in [5.74, 6) is -1.21. The standard InChI is InChI=1S/C12H9F3N2O3/c13-12(14,15)11(3-4-11)17-8-2-1-6(9(18)19)5-7(8)16-10(17)20/h1-2,5H,3-4H2,(H,16,20)(H,18,19). The molecule has 1 fully saturated rings. The molecule has 0 unspecified atom stereocenters. The number of carboxylic acid groups (broad SMARTS) is 1. The van der Waals surface area contributed by atoms with Gasteiger partial charge in [0, 0.05) is 0 Å². The van der Waals surface area contributed by atoms with Crippen LogP contribution in [0.2, 0.25) is 0 Å². The molecule has 0 saturated heterocycles. The maximum absolute atomic E-state index is 13.1. The smallest absolute Gasteiger partial charge is 0.412 e. The van der Waals surface area contributed by atoms with E-state index >= 15 is 0 Å². The van der Waals surface area contributed by atoms with Crippen molar-refractivity contribution in [1.29, 1.82) is 0 Å². The van der Waals surface area contributed by atoms with Crippen LogP contribution in [0.5, 0.6) is 0 Å². The summed E-state index contributed by atoms with van der Waals surface area (Å²) in [5.41, 5.74) is -2.98. The maximum atomic E-state index is 13.1. The number of aromatic amines is 1. The molecule has 0 bridgehead atoms. The number of nitrogens with zero attached hydrogens (tertiary/aromatic N) is 1. The number of fused-ring (bicyclic) bond motifs is 1. The number of alkyl halides is 3. The number of halogens is 3. The molecule has 1 aromatic heterocycles. The van der Waals surface area contributed by atoms with Gasteiger partial charge in [0.15, 0.2) is 0 Å². The zero-order chi connectivity index (χ0) is 14.7. The van der Waals surface area contributed by atoms with Crippen LogP contribution in [0.15, 0.2) is 23.0 Å². The molecule has 1 aliphatic carbocycles. The summed E-state index contributed by atoms with van der Waals surface area (Å²) in [4.78, 5) is 24.9. The van der Waals surface area contributed by atoms with E-state index in [1.165, 1.54) is 12.1 Å². The van der Waals surface area contributed by atoms with Crippen LogP contribution in [0.3, 0.4) is 0 Å². The van der Waals surface area contributed by atoms with Gasteiger partial charge in [-0.05, 0) is 31.0 Å². The Hall–Kier alpha value is -2.25. The van der Waals surface area contributed by atoms with E-state index in [0.717, 1.165) is 6.07 Å². The zero-order valence-electron chi connectivity index (χ0n) is 9.99. The first kappa shape index (κ1) is 12.8. The molecule has 1 aliphatic rings. The minimum atomic E-state index is -4.52. The Labute approximate surface area is 109 Å². The first-order valence-corrected chi connectivity index (χ1v) is 5.81. The van der Waals surface area contributed by atoms with Crippen LogP contribution in [0, 0.1) is 0 Å². The third kappa shape index (κ3) is 1.57. The molecule has 1 saturated carbocycles. The van der Waals surface area contributed by atoms with Crippen molar-refractivity contribution in [2.75, 3.05) is 0 Å². The summed E-state index contributed by atoms with van der Waals surface area (Å²) < 4.78 is 40.0. The number of hydrogen-bond donors (Lipinski definition) is 2. The lowest BCUT2D eigenvalue weighted by molar-refractivity contribution is -0.179. The first-order chi connectivity index (χ1) is 9.26. The third-order valence-corrected chi connectivity index (χ3v) is 3.61. The quantitative estimate of drug-likeness (QED) is 0.887. The number of carboxylic acids is 1. The number of H-pyrrole nitrogens is 1. The van der Waals surface area contributed by atoms with Crippen molar-refractivity contribution >= 4 is 17.0 Å². The molecular formula is C12H9F3N2O3. The Bertz CT molecular complexity index is 768. The summed E-state index contributed by atoms with van der Waals surface area (Å²) >= 11 is 0. The van der Waals surface area contributed by atoms with Gasteiger partial charge in [-0.2, -0.15) is 13.2 Å². The van der Waals surface area contributed by atoms with Crippen molar-refractivity contribution in [3.63, 3.8) is 0 Å². The Morgan fingerprint density at radius 3 is 2.50 bits per heavy atom. The monoisotopic (exact) mass is 286 g/mol. The molecule has 0 spiro atoms. The number of aromatic carboxylic acids is 1. The van der Waals surface area contributed by atoms with Crippen LogP contribution in [0.25, 0.3) is 11.0 Å². The minimum absolute atomic E-state index is 0.0647. The highest BCUT2D eigenvalue weighted by Gasteiger charge is 2.66. The maximum Gasteiger partial charge on any atom is 0.412 e. The van der Waals surface area contributed by atoms with Crippen LogP contribution < -0.4 is 5.69 Å². The predicted octanol–water partition coefficient (Wildman–Crippen LogP) is 2.08. The Morgan fingerprint density at radius 1 is 1.35 bits per heavy atom. The van der Waals surface area contributed by atoms with Crippen LogP contribution in [-0.2, 0) is 5.54 Å². The van der Waals surface area contributed by atoms with Crippen LogP contribution in [-0.4, -0.2) is 26.8 Å². The van der Waals surface area contributed by atoms with E-state index in [1.54, 1.807) is 0 Å². The fraction of sp³-hybridized carbons (Fsp3) is 0.333. The second-order valence-corrected chi connectivity index (χ2v) is 4.83. The molecule has 0 atom stereocenters. The Morgan fingerprint density at radius 2 is 2.00 bits per heavy atom. The van der Waals surface area contributed by atoms with Crippen molar-refractivity contribution in [3.8, 4) is 0 Å². The molecule has 0 aliphatic heterocycles. The normalized spacial score (nSPS) is 17.4. The predicted molar refractivity (Wildman–Crippen MR) is 62.8 cm³/mol. The van der Waals surface area contributed by atoms with Gasteiger partial charge < -0.3 is 10.1 Å². The molecule has 1 aromatic carbocycles. The van der Waals surface area contributed by atoms with Crippen LogP contribution in [0.1, 0.15) is 23.2 Å². The number of benzene rings is 1. The number of aromatic nitrogens is 2. The first-order valence-electron chi connectivity index (χ1n) is 5.81. The fourth-order valence-electron chi connectivity index (χ4n) is 2.42. The third-order valence-electron chi connectivity index (χ3n) is 3.61. The number of hydrogen-bond acceptors (Lipinski definition) is 2. The highest BCUT2D eigenvalue weighted by atomic mass is 19.4. The molecule has 106 valence electrons. The lowest BCUT2D eigenvalue weighted by atomic mass is 10.2. The molecular weight excluding hydrogens is 277 g/mol. The van der Waals surface area contributed by atoms with Crippen LogP contribution in [0.4, 0.5) is 13.2 Å². The second kappa shape index (κ2) is 3.65. The number of nitrogens with one attached hydrogen (secondary N) is 1. The van der Waals surface area contributed by atoms with Crippen molar-refractivity contribution in [2.45, 2.75) is 24.6 Å². The minimum Gasteiger partial charge on any atom is -0.478 e. The van der Waals surface area contributed by atoms with E-state index in [2.05, 4.69) is 4.98 Å².